The molecule has 1 N–H and O–H groups in total. The Morgan fingerprint density at radius 3 is 2.62 bits per heavy atom. The quantitative estimate of drug-likeness (QED) is 0.795. The van der Waals surface area contributed by atoms with E-state index in [4.69, 9.17) is 4.98 Å². The summed E-state index contributed by atoms with van der Waals surface area (Å²) in [6.07, 6.45) is 6.94. The van der Waals surface area contributed by atoms with Crippen LogP contribution in [0, 0.1) is 11.8 Å². The van der Waals surface area contributed by atoms with Gasteiger partial charge in [0.15, 0.2) is 5.65 Å². The zero-order valence-corrected chi connectivity index (χ0v) is 19.1. The van der Waals surface area contributed by atoms with Crippen molar-refractivity contribution in [3.63, 3.8) is 0 Å². The summed E-state index contributed by atoms with van der Waals surface area (Å²) in [5, 5.41) is 3.28. The molecule has 1 saturated carbocycles. The molecule has 0 bridgehead atoms. The third-order valence-electron chi connectivity index (χ3n) is 7.46. The number of hydrogen-bond acceptors (Lipinski definition) is 4. The number of carbonyl (C=O) groups is 2. The van der Waals surface area contributed by atoms with Gasteiger partial charge in [-0.2, -0.15) is 0 Å². The Morgan fingerprint density at radius 1 is 1.09 bits per heavy atom. The maximum atomic E-state index is 13.2. The number of carbonyl (C=O) groups excluding carboxylic acids is 2. The first-order chi connectivity index (χ1) is 15.4. The molecule has 1 aliphatic carbocycles. The van der Waals surface area contributed by atoms with Gasteiger partial charge in [-0.3, -0.25) is 19.5 Å². The molecule has 0 spiro atoms. The van der Waals surface area contributed by atoms with E-state index in [1.165, 1.54) is 4.52 Å². The van der Waals surface area contributed by atoms with Gasteiger partial charge in [-0.25, -0.2) is 9.50 Å². The molecule has 32 heavy (non-hydrogen) atoms. The third kappa shape index (κ3) is 3.73. The Hall–Kier alpha value is -2.64. The summed E-state index contributed by atoms with van der Waals surface area (Å²) < 4.78 is 1.52. The van der Waals surface area contributed by atoms with Crippen molar-refractivity contribution in [1.82, 2.24) is 24.4 Å². The van der Waals surface area contributed by atoms with E-state index >= 15 is 0 Å². The van der Waals surface area contributed by atoms with Gasteiger partial charge in [0.05, 0.1) is 17.8 Å². The fraction of sp³-hybridized carbons (Fsp3) is 0.667. The standard InChI is InChI=1S/C24H33N5O3/c1-15(2)22(30)28-11-9-19-18(14-28)24(32)29-21(25-19)12-20(26-29)17-8-5-10-27(13-17)23(31)16-6-3-4-7-16/h12,15-17,26H,3-11,13-14H2,1-2H3/t17-/m0/s1. The highest BCUT2D eigenvalue weighted by atomic mass is 16.2. The second kappa shape index (κ2) is 8.37. The average Bonchev–Trinajstić information content (AvgIpc) is 3.48. The molecule has 0 unspecified atom stereocenters. The number of piperidine rings is 1. The summed E-state index contributed by atoms with van der Waals surface area (Å²) in [5.74, 6) is 0.676. The van der Waals surface area contributed by atoms with Crippen LogP contribution in [0.15, 0.2) is 10.9 Å². The lowest BCUT2D eigenvalue weighted by atomic mass is 9.93. The number of likely N-dealkylation sites (tertiary alicyclic amines) is 1. The summed E-state index contributed by atoms with van der Waals surface area (Å²) in [5.41, 5.74) is 2.89. The van der Waals surface area contributed by atoms with Crippen LogP contribution >= 0.6 is 0 Å². The van der Waals surface area contributed by atoms with E-state index in [-0.39, 0.29) is 29.2 Å². The minimum absolute atomic E-state index is 0.0709. The Balaban J connectivity index is 1.39. The lowest BCUT2D eigenvalue weighted by Gasteiger charge is -2.34. The molecule has 1 saturated heterocycles. The first kappa shape index (κ1) is 21.2. The van der Waals surface area contributed by atoms with Gasteiger partial charge in [-0.15, -0.1) is 0 Å². The zero-order valence-electron chi connectivity index (χ0n) is 19.1. The maximum Gasteiger partial charge on any atom is 0.277 e. The highest BCUT2D eigenvalue weighted by molar-refractivity contribution is 5.79. The van der Waals surface area contributed by atoms with Gasteiger partial charge in [0.1, 0.15) is 0 Å². The number of nitrogens with one attached hydrogen (secondary N) is 1. The first-order valence-electron chi connectivity index (χ1n) is 12.1. The van der Waals surface area contributed by atoms with E-state index in [2.05, 4.69) is 5.10 Å². The van der Waals surface area contributed by atoms with Crippen molar-refractivity contribution < 1.29 is 9.59 Å². The Bertz CT molecular complexity index is 1090. The van der Waals surface area contributed by atoms with Gasteiger partial charge in [0.25, 0.3) is 5.56 Å². The maximum absolute atomic E-state index is 13.2. The van der Waals surface area contributed by atoms with E-state index in [9.17, 15) is 14.4 Å². The number of rotatable bonds is 3. The number of aromatic amines is 1. The molecular formula is C24H33N5O3. The van der Waals surface area contributed by atoms with Crippen LogP contribution in [-0.4, -0.2) is 55.8 Å². The van der Waals surface area contributed by atoms with Crippen molar-refractivity contribution in [1.29, 1.82) is 0 Å². The molecule has 5 rings (SSSR count). The van der Waals surface area contributed by atoms with Crippen LogP contribution in [-0.2, 0) is 22.6 Å². The molecule has 8 heteroatoms. The van der Waals surface area contributed by atoms with Crippen LogP contribution in [0.5, 0.6) is 0 Å². The molecule has 2 aromatic heterocycles. The lowest BCUT2D eigenvalue weighted by Crippen LogP contribution is -2.42. The molecule has 4 heterocycles. The molecule has 0 aromatic carbocycles. The molecule has 8 nitrogen and oxygen atoms in total. The average molecular weight is 440 g/mol. The van der Waals surface area contributed by atoms with Crippen molar-refractivity contribution in [2.75, 3.05) is 19.6 Å². The fourth-order valence-electron chi connectivity index (χ4n) is 5.62. The van der Waals surface area contributed by atoms with Crippen LogP contribution in [0.2, 0.25) is 0 Å². The minimum Gasteiger partial charge on any atom is -0.342 e. The molecule has 3 aliphatic rings. The van der Waals surface area contributed by atoms with Crippen molar-refractivity contribution in [3.05, 3.63) is 33.4 Å². The minimum atomic E-state index is -0.118. The normalized spacial score (nSPS) is 22.0. The van der Waals surface area contributed by atoms with Crippen LogP contribution in [0.4, 0.5) is 0 Å². The summed E-state index contributed by atoms with van der Waals surface area (Å²) in [7, 11) is 0. The predicted octanol–water partition coefficient (Wildman–Crippen LogP) is 2.46. The number of H-pyrrole nitrogens is 1. The zero-order chi connectivity index (χ0) is 22.4. The number of aromatic nitrogens is 3. The lowest BCUT2D eigenvalue weighted by molar-refractivity contribution is -0.137. The predicted molar refractivity (Wildman–Crippen MR) is 120 cm³/mol. The molecule has 172 valence electrons. The van der Waals surface area contributed by atoms with Gasteiger partial charge < -0.3 is 9.80 Å². The highest BCUT2D eigenvalue weighted by Gasteiger charge is 2.32. The third-order valence-corrected chi connectivity index (χ3v) is 7.46. The van der Waals surface area contributed by atoms with Gasteiger partial charge in [0, 0.05) is 55.6 Å². The number of hydrogen-bond donors (Lipinski definition) is 1. The SMILES string of the molecule is CC(C)C(=O)N1CCc2nc3cc([C@H]4CCCN(C(=O)C5CCCC5)C4)[nH]n3c(=O)c2C1. The van der Waals surface area contributed by atoms with Crippen molar-refractivity contribution in [2.24, 2.45) is 11.8 Å². The molecule has 2 fully saturated rings. The van der Waals surface area contributed by atoms with E-state index in [0.29, 0.717) is 43.2 Å². The Kier molecular flexibility index (Phi) is 5.55. The molecule has 1 atom stereocenters. The number of fused-ring (bicyclic) bond motifs is 2. The summed E-state index contributed by atoms with van der Waals surface area (Å²) in [6, 6.07) is 1.97. The Morgan fingerprint density at radius 2 is 1.88 bits per heavy atom. The largest absolute Gasteiger partial charge is 0.342 e. The van der Waals surface area contributed by atoms with Crippen molar-refractivity contribution in [3.8, 4) is 0 Å². The number of nitrogens with zero attached hydrogens (tertiary/aromatic N) is 4. The summed E-state index contributed by atoms with van der Waals surface area (Å²) in [6.45, 7) is 6.22. The second-order valence-corrected chi connectivity index (χ2v) is 10.0. The molecule has 0 radical (unpaired) electrons. The number of amides is 2. The molecule has 2 aromatic rings. The van der Waals surface area contributed by atoms with Crippen LogP contribution in [0.25, 0.3) is 5.65 Å². The monoisotopic (exact) mass is 439 g/mol. The van der Waals surface area contributed by atoms with Gasteiger partial charge in [-0.1, -0.05) is 26.7 Å². The van der Waals surface area contributed by atoms with E-state index in [1.807, 2.05) is 24.8 Å². The molecule has 2 aliphatic heterocycles. The van der Waals surface area contributed by atoms with E-state index in [1.54, 1.807) is 4.90 Å². The van der Waals surface area contributed by atoms with Gasteiger partial charge in [0.2, 0.25) is 11.8 Å². The van der Waals surface area contributed by atoms with Gasteiger partial charge in [-0.05, 0) is 25.7 Å². The topological polar surface area (TPSA) is 90.8 Å². The first-order valence-corrected chi connectivity index (χ1v) is 12.1. The van der Waals surface area contributed by atoms with Crippen molar-refractivity contribution >= 4 is 17.5 Å². The smallest absolute Gasteiger partial charge is 0.277 e. The van der Waals surface area contributed by atoms with Crippen LogP contribution in [0.3, 0.4) is 0 Å². The Labute approximate surface area is 188 Å². The second-order valence-electron chi connectivity index (χ2n) is 10.0. The van der Waals surface area contributed by atoms with Crippen LogP contribution in [0.1, 0.15) is 75.2 Å². The van der Waals surface area contributed by atoms with Gasteiger partial charge >= 0.3 is 0 Å². The highest BCUT2D eigenvalue weighted by Crippen LogP contribution is 2.31. The fourth-order valence-corrected chi connectivity index (χ4v) is 5.62. The van der Waals surface area contributed by atoms with Crippen LogP contribution < -0.4 is 5.56 Å². The molecular weight excluding hydrogens is 406 g/mol. The van der Waals surface area contributed by atoms with E-state index < -0.39 is 0 Å². The summed E-state index contributed by atoms with van der Waals surface area (Å²) >= 11 is 0. The van der Waals surface area contributed by atoms with Crippen molar-refractivity contribution in [2.45, 2.75) is 71.3 Å². The summed E-state index contributed by atoms with van der Waals surface area (Å²) in [4.78, 5) is 47.2. The van der Waals surface area contributed by atoms with E-state index in [0.717, 1.165) is 56.5 Å². The molecule has 2 amide bonds.